The molecule has 1 fully saturated rings. The first-order valence-corrected chi connectivity index (χ1v) is 10.9. The Bertz CT molecular complexity index is 760. The molecule has 1 saturated heterocycles. The third-order valence-electron chi connectivity index (χ3n) is 5.07. The molecular formula is C22H30N2O4S. The molecule has 1 aliphatic rings. The van der Waals surface area contributed by atoms with Crippen LogP contribution in [0, 0.1) is 0 Å². The second-order valence-electron chi connectivity index (χ2n) is 7.10. The van der Waals surface area contributed by atoms with Gasteiger partial charge in [0, 0.05) is 24.6 Å². The molecule has 2 heterocycles. The van der Waals surface area contributed by atoms with Gasteiger partial charge in [0.1, 0.15) is 0 Å². The van der Waals surface area contributed by atoms with Gasteiger partial charge in [-0.25, -0.2) is 0 Å². The fraction of sp³-hybridized carbons (Fsp3) is 0.500. The number of hydrogen-bond acceptors (Lipinski definition) is 6. The van der Waals surface area contributed by atoms with Crippen LogP contribution in [0.2, 0.25) is 0 Å². The van der Waals surface area contributed by atoms with E-state index in [0.717, 1.165) is 38.0 Å². The van der Waals surface area contributed by atoms with Crippen molar-refractivity contribution < 1.29 is 19.0 Å². The highest BCUT2D eigenvalue weighted by Crippen LogP contribution is 2.27. The SMILES string of the molecule is COc1ccc(CCN(Cc2cccs2)C(=O)CNCC2CCCO2)cc1OC. The number of nitrogens with zero attached hydrogens (tertiary/aromatic N) is 1. The number of nitrogens with one attached hydrogen (secondary N) is 1. The lowest BCUT2D eigenvalue weighted by Gasteiger charge is -2.23. The number of rotatable bonds is 11. The molecule has 1 aliphatic heterocycles. The molecular weight excluding hydrogens is 388 g/mol. The number of thiophene rings is 1. The summed E-state index contributed by atoms with van der Waals surface area (Å²) in [6.07, 6.45) is 3.17. The average molecular weight is 419 g/mol. The van der Waals surface area contributed by atoms with Gasteiger partial charge in [0.15, 0.2) is 11.5 Å². The number of ether oxygens (including phenoxy) is 3. The molecule has 6 nitrogen and oxygen atoms in total. The Morgan fingerprint density at radius 3 is 2.83 bits per heavy atom. The maximum Gasteiger partial charge on any atom is 0.236 e. The smallest absolute Gasteiger partial charge is 0.236 e. The molecule has 1 N–H and O–H groups in total. The van der Waals surface area contributed by atoms with Crippen LogP contribution in [-0.2, 0) is 22.5 Å². The van der Waals surface area contributed by atoms with Crippen molar-refractivity contribution in [1.82, 2.24) is 10.2 Å². The second kappa shape index (κ2) is 11.2. The highest BCUT2D eigenvalue weighted by molar-refractivity contribution is 7.09. The van der Waals surface area contributed by atoms with Crippen LogP contribution < -0.4 is 14.8 Å². The predicted molar refractivity (Wildman–Crippen MR) is 115 cm³/mol. The summed E-state index contributed by atoms with van der Waals surface area (Å²) in [5, 5.41) is 5.31. The highest BCUT2D eigenvalue weighted by Gasteiger charge is 2.18. The first kappa shape index (κ1) is 21.6. The Morgan fingerprint density at radius 2 is 2.14 bits per heavy atom. The van der Waals surface area contributed by atoms with E-state index in [4.69, 9.17) is 14.2 Å². The van der Waals surface area contributed by atoms with E-state index in [2.05, 4.69) is 11.4 Å². The Labute approximate surface area is 176 Å². The quantitative estimate of drug-likeness (QED) is 0.608. The van der Waals surface area contributed by atoms with Crippen LogP contribution in [-0.4, -0.2) is 57.4 Å². The van der Waals surface area contributed by atoms with Crippen molar-refractivity contribution in [2.75, 3.05) is 40.5 Å². The van der Waals surface area contributed by atoms with Crippen LogP contribution in [0.3, 0.4) is 0 Å². The fourth-order valence-electron chi connectivity index (χ4n) is 3.44. The van der Waals surface area contributed by atoms with Gasteiger partial charge < -0.3 is 24.4 Å². The van der Waals surface area contributed by atoms with E-state index in [-0.39, 0.29) is 12.0 Å². The van der Waals surface area contributed by atoms with E-state index in [1.54, 1.807) is 25.6 Å². The lowest BCUT2D eigenvalue weighted by molar-refractivity contribution is -0.130. The van der Waals surface area contributed by atoms with Crippen LogP contribution in [0.25, 0.3) is 0 Å². The molecule has 2 aromatic rings. The molecule has 0 spiro atoms. The van der Waals surface area contributed by atoms with Crippen molar-refractivity contribution in [3.63, 3.8) is 0 Å². The van der Waals surface area contributed by atoms with Gasteiger partial charge in [0.2, 0.25) is 5.91 Å². The van der Waals surface area contributed by atoms with Crippen molar-refractivity contribution in [3.8, 4) is 11.5 Å². The van der Waals surface area contributed by atoms with Crippen molar-refractivity contribution in [2.45, 2.75) is 31.9 Å². The van der Waals surface area contributed by atoms with Gasteiger partial charge in [-0.1, -0.05) is 12.1 Å². The summed E-state index contributed by atoms with van der Waals surface area (Å²) in [7, 11) is 3.26. The standard InChI is InChI=1S/C22H30N2O4S/c1-26-20-8-7-17(13-21(20)27-2)9-10-24(16-19-6-4-12-29-19)22(25)15-23-14-18-5-3-11-28-18/h4,6-8,12-13,18,23H,3,5,9-11,14-16H2,1-2H3. The van der Waals surface area contributed by atoms with E-state index in [9.17, 15) is 4.79 Å². The number of methoxy groups -OCH3 is 2. The van der Waals surface area contributed by atoms with Gasteiger partial charge in [-0.3, -0.25) is 4.79 Å². The van der Waals surface area contributed by atoms with E-state index in [1.165, 1.54) is 4.88 Å². The summed E-state index contributed by atoms with van der Waals surface area (Å²) in [5.74, 6) is 1.53. The maximum atomic E-state index is 12.9. The molecule has 158 valence electrons. The average Bonchev–Trinajstić information content (AvgIpc) is 3.45. The first-order chi connectivity index (χ1) is 14.2. The molecule has 1 unspecified atom stereocenters. The van der Waals surface area contributed by atoms with E-state index < -0.39 is 0 Å². The Hall–Kier alpha value is -2.09. The number of hydrogen-bond donors (Lipinski definition) is 1. The fourth-order valence-corrected chi connectivity index (χ4v) is 4.16. The molecule has 1 aromatic heterocycles. The van der Waals surface area contributed by atoms with Gasteiger partial charge in [-0.15, -0.1) is 11.3 Å². The van der Waals surface area contributed by atoms with Crippen LogP contribution in [0.15, 0.2) is 35.7 Å². The molecule has 0 aliphatic carbocycles. The number of carbonyl (C=O) groups is 1. The minimum Gasteiger partial charge on any atom is -0.493 e. The molecule has 7 heteroatoms. The van der Waals surface area contributed by atoms with E-state index in [1.807, 2.05) is 34.5 Å². The predicted octanol–water partition coefficient (Wildman–Crippen LogP) is 3.11. The van der Waals surface area contributed by atoms with Crippen molar-refractivity contribution in [2.24, 2.45) is 0 Å². The monoisotopic (exact) mass is 418 g/mol. The Morgan fingerprint density at radius 1 is 1.28 bits per heavy atom. The van der Waals surface area contributed by atoms with Gasteiger partial charge in [0.25, 0.3) is 0 Å². The maximum absolute atomic E-state index is 12.9. The molecule has 1 atom stereocenters. The Balaban J connectivity index is 1.58. The third-order valence-corrected chi connectivity index (χ3v) is 5.93. The molecule has 0 radical (unpaired) electrons. The lowest BCUT2D eigenvalue weighted by atomic mass is 10.1. The van der Waals surface area contributed by atoms with E-state index in [0.29, 0.717) is 31.1 Å². The van der Waals surface area contributed by atoms with Crippen LogP contribution in [0.5, 0.6) is 11.5 Å². The lowest BCUT2D eigenvalue weighted by Crippen LogP contribution is -2.40. The minimum absolute atomic E-state index is 0.108. The molecule has 1 aromatic carbocycles. The van der Waals surface area contributed by atoms with E-state index >= 15 is 0 Å². The minimum atomic E-state index is 0.108. The second-order valence-corrected chi connectivity index (χ2v) is 8.13. The third kappa shape index (κ3) is 6.45. The van der Waals surface area contributed by atoms with Crippen molar-refractivity contribution in [1.29, 1.82) is 0 Å². The van der Waals surface area contributed by atoms with Gasteiger partial charge >= 0.3 is 0 Å². The van der Waals surface area contributed by atoms with Gasteiger partial charge in [-0.2, -0.15) is 0 Å². The Kier molecular flexibility index (Phi) is 8.34. The molecule has 3 rings (SSSR count). The number of benzene rings is 1. The highest BCUT2D eigenvalue weighted by atomic mass is 32.1. The molecule has 29 heavy (non-hydrogen) atoms. The topological polar surface area (TPSA) is 60.0 Å². The van der Waals surface area contributed by atoms with Crippen LogP contribution in [0.1, 0.15) is 23.3 Å². The largest absolute Gasteiger partial charge is 0.493 e. The summed E-state index contributed by atoms with van der Waals surface area (Å²) in [4.78, 5) is 16.0. The molecule has 1 amide bonds. The van der Waals surface area contributed by atoms with Crippen LogP contribution in [0.4, 0.5) is 0 Å². The summed E-state index contributed by atoms with van der Waals surface area (Å²) < 4.78 is 16.3. The van der Waals surface area contributed by atoms with Gasteiger partial charge in [-0.05, 0) is 48.4 Å². The first-order valence-electron chi connectivity index (χ1n) is 10.0. The zero-order valence-electron chi connectivity index (χ0n) is 17.2. The number of carbonyl (C=O) groups excluding carboxylic acids is 1. The van der Waals surface area contributed by atoms with Crippen molar-refractivity contribution in [3.05, 3.63) is 46.2 Å². The zero-order chi connectivity index (χ0) is 20.5. The normalized spacial score (nSPS) is 16.0. The number of amides is 1. The molecule has 0 bridgehead atoms. The van der Waals surface area contributed by atoms with Gasteiger partial charge in [0.05, 0.1) is 33.4 Å². The molecule has 0 saturated carbocycles. The van der Waals surface area contributed by atoms with Crippen LogP contribution >= 0.6 is 11.3 Å². The zero-order valence-corrected chi connectivity index (χ0v) is 18.0. The summed E-state index contributed by atoms with van der Waals surface area (Å²) >= 11 is 1.67. The summed E-state index contributed by atoms with van der Waals surface area (Å²) in [6, 6.07) is 9.99. The summed E-state index contributed by atoms with van der Waals surface area (Å²) in [6.45, 7) is 3.17. The van der Waals surface area contributed by atoms with Crippen molar-refractivity contribution >= 4 is 17.2 Å². The summed E-state index contributed by atoms with van der Waals surface area (Å²) in [5.41, 5.74) is 1.11.